The van der Waals surface area contributed by atoms with Crippen LogP contribution in [0.5, 0.6) is 0 Å². The maximum atomic E-state index is 12.2. The number of aliphatic hydroxyl groups excluding tert-OH is 1. The first-order valence-corrected chi connectivity index (χ1v) is 6.98. The molecule has 1 aliphatic rings. The Bertz CT molecular complexity index is 323. The monoisotopic (exact) mass is 271 g/mol. The molecule has 1 aliphatic carbocycles. The van der Waals surface area contributed by atoms with Crippen molar-refractivity contribution >= 4 is 11.9 Å². The van der Waals surface area contributed by atoms with Crippen LogP contribution in [0, 0.1) is 5.41 Å². The van der Waals surface area contributed by atoms with Crippen LogP contribution in [0.15, 0.2) is 0 Å². The van der Waals surface area contributed by atoms with E-state index in [9.17, 15) is 9.59 Å². The van der Waals surface area contributed by atoms with Crippen LogP contribution in [0.1, 0.15) is 51.9 Å². The zero-order valence-corrected chi connectivity index (χ0v) is 11.9. The van der Waals surface area contributed by atoms with E-state index in [4.69, 9.17) is 10.2 Å². The first-order valence-electron chi connectivity index (χ1n) is 6.98. The average molecular weight is 271 g/mol. The maximum Gasteiger partial charge on any atom is 0.303 e. The standard InChI is InChI=1S/C14H25NO4/c1-11(10-16)15(2)12(17)8-14(9-13(18)19)6-4-3-5-7-14/h11,16H,3-10H2,1-2H3,(H,18,19). The minimum atomic E-state index is -0.826. The van der Waals surface area contributed by atoms with Crippen LogP contribution in [-0.2, 0) is 9.59 Å². The van der Waals surface area contributed by atoms with Crippen molar-refractivity contribution in [3.05, 3.63) is 0 Å². The summed E-state index contributed by atoms with van der Waals surface area (Å²) >= 11 is 0. The fraction of sp³-hybridized carbons (Fsp3) is 0.857. The Morgan fingerprint density at radius 1 is 1.21 bits per heavy atom. The van der Waals surface area contributed by atoms with E-state index in [-0.39, 0.29) is 36.8 Å². The van der Waals surface area contributed by atoms with Gasteiger partial charge in [0.2, 0.25) is 5.91 Å². The SMILES string of the molecule is CC(CO)N(C)C(=O)CC1(CC(=O)O)CCCCC1. The highest BCUT2D eigenvalue weighted by Gasteiger charge is 2.37. The summed E-state index contributed by atoms with van der Waals surface area (Å²) in [6.07, 6.45) is 5.09. The van der Waals surface area contributed by atoms with Gasteiger partial charge in [-0.3, -0.25) is 9.59 Å². The Morgan fingerprint density at radius 2 is 1.79 bits per heavy atom. The lowest BCUT2D eigenvalue weighted by Gasteiger charge is -2.37. The van der Waals surface area contributed by atoms with Gasteiger partial charge in [0.15, 0.2) is 0 Å². The van der Waals surface area contributed by atoms with Crippen molar-refractivity contribution < 1.29 is 19.8 Å². The summed E-state index contributed by atoms with van der Waals surface area (Å²) in [5, 5.41) is 18.2. The number of aliphatic hydroxyl groups is 1. The molecule has 0 aliphatic heterocycles. The van der Waals surface area contributed by atoms with Gasteiger partial charge < -0.3 is 15.1 Å². The highest BCUT2D eigenvalue weighted by Crippen LogP contribution is 2.42. The second kappa shape index (κ2) is 6.89. The van der Waals surface area contributed by atoms with Crippen molar-refractivity contribution in [2.75, 3.05) is 13.7 Å². The van der Waals surface area contributed by atoms with Crippen molar-refractivity contribution in [1.29, 1.82) is 0 Å². The quantitative estimate of drug-likeness (QED) is 0.770. The van der Waals surface area contributed by atoms with Crippen LogP contribution in [0.2, 0.25) is 0 Å². The molecule has 0 heterocycles. The first-order chi connectivity index (χ1) is 8.90. The van der Waals surface area contributed by atoms with Crippen LogP contribution >= 0.6 is 0 Å². The van der Waals surface area contributed by atoms with Gasteiger partial charge in [-0.2, -0.15) is 0 Å². The van der Waals surface area contributed by atoms with Crippen molar-refractivity contribution in [2.24, 2.45) is 5.41 Å². The number of carboxylic acids is 1. The van der Waals surface area contributed by atoms with Crippen LogP contribution in [0.25, 0.3) is 0 Å². The molecule has 110 valence electrons. The average Bonchev–Trinajstić information content (AvgIpc) is 2.36. The third-order valence-corrected chi connectivity index (χ3v) is 4.29. The lowest BCUT2D eigenvalue weighted by Crippen LogP contribution is -2.41. The molecule has 1 amide bonds. The summed E-state index contributed by atoms with van der Waals surface area (Å²) in [7, 11) is 1.67. The predicted molar refractivity (Wildman–Crippen MR) is 71.7 cm³/mol. The molecule has 5 nitrogen and oxygen atoms in total. The van der Waals surface area contributed by atoms with Crippen LogP contribution in [-0.4, -0.2) is 46.7 Å². The molecular weight excluding hydrogens is 246 g/mol. The molecule has 2 N–H and O–H groups in total. The highest BCUT2D eigenvalue weighted by atomic mass is 16.4. The smallest absolute Gasteiger partial charge is 0.303 e. The molecule has 1 atom stereocenters. The summed E-state index contributed by atoms with van der Waals surface area (Å²) < 4.78 is 0. The molecule has 1 rings (SSSR count). The fourth-order valence-corrected chi connectivity index (χ4v) is 2.85. The second-order valence-electron chi connectivity index (χ2n) is 5.84. The minimum Gasteiger partial charge on any atom is -0.481 e. The van der Waals surface area contributed by atoms with Crippen LogP contribution in [0.4, 0.5) is 0 Å². The molecule has 0 saturated heterocycles. The normalized spacial score (nSPS) is 19.7. The largest absolute Gasteiger partial charge is 0.481 e. The Labute approximate surface area is 114 Å². The summed E-state index contributed by atoms with van der Waals surface area (Å²) in [5.41, 5.74) is -0.384. The molecule has 1 unspecified atom stereocenters. The highest BCUT2D eigenvalue weighted by molar-refractivity contribution is 5.78. The van der Waals surface area contributed by atoms with Gasteiger partial charge in [-0.15, -0.1) is 0 Å². The molecule has 0 radical (unpaired) electrons. The second-order valence-corrected chi connectivity index (χ2v) is 5.84. The van der Waals surface area contributed by atoms with Gasteiger partial charge in [-0.25, -0.2) is 0 Å². The maximum absolute atomic E-state index is 12.2. The van der Waals surface area contributed by atoms with Crippen molar-refractivity contribution in [2.45, 2.75) is 57.9 Å². The van der Waals surface area contributed by atoms with Crippen molar-refractivity contribution in [3.63, 3.8) is 0 Å². The van der Waals surface area contributed by atoms with Crippen LogP contribution in [0.3, 0.4) is 0 Å². The number of aliphatic carboxylic acids is 1. The molecule has 0 aromatic rings. The van der Waals surface area contributed by atoms with E-state index in [1.807, 2.05) is 0 Å². The molecule has 0 spiro atoms. The third kappa shape index (κ3) is 4.49. The molecule has 5 heteroatoms. The summed E-state index contributed by atoms with van der Waals surface area (Å²) in [5.74, 6) is -0.891. The number of carbonyl (C=O) groups excluding carboxylic acids is 1. The molecule has 1 fully saturated rings. The van der Waals surface area contributed by atoms with E-state index < -0.39 is 5.97 Å². The molecule has 19 heavy (non-hydrogen) atoms. The van der Waals surface area contributed by atoms with E-state index in [2.05, 4.69) is 0 Å². The summed E-state index contributed by atoms with van der Waals surface area (Å²) in [6.45, 7) is 1.71. The fourth-order valence-electron chi connectivity index (χ4n) is 2.85. The molecular formula is C14H25NO4. The number of hydrogen-bond acceptors (Lipinski definition) is 3. The Balaban J connectivity index is 2.71. The topological polar surface area (TPSA) is 77.8 Å². The van der Waals surface area contributed by atoms with Gasteiger partial charge in [0.1, 0.15) is 0 Å². The zero-order chi connectivity index (χ0) is 14.5. The van der Waals surface area contributed by atoms with Gasteiger partial charge in [-0.1, -0.05) is 19.3 Å². The van der Waals surface area contributed by atoms with E-state index >= 15 is 0 Å². The number of carbonyl (C=O) groups is 2. The van der Waals surface area contributed by atoms with E-state index in [0.717, 1.165) is 32.1 Å². The number of rotatable bonds is 6. The van der Waals surface area contributed by atoms with Gasteiger partial charge in [0, 0.05) is 13.5 Å². The van der Waals surface area contributed by atoms with E-state index in [1.54, 1.807) is 14.0 Å². The Morgan fingerprint density at radius 3 is 2.26 bits per heavy atom. The van der Waals surface area contributed by atoms with E-state index in [1.165, 1.54) is 4.90 Å². The van der Waals surface area contributed by atoms with Gasteiger partial charge in [0.25, 0.3) is 0 Å². The lowest BCUT2D eigenvalue weighted by molar-refractivity contribution is -0.143. The Hall–Kier alpha value is -1.10. The Kier molecular flexibility index (Phi) is 5.79. The van der Waals surface area contributed by atoms with Gasteiger partial charge in [-0.05, 0) is 25.2 Å². The van der Waals surface area contributed by atoms with E-state index in [0.29, 0.717) is 0 Å². The lowest BCUT2D eigenvalue weighted by atomic mass is 9.69. The number of likely N-dealkylation sites (N-methyl/N-ethyl adjacent to an activating group) is 1. The molecule has 0 bridgehead atoms. The summed E-state index contributed by atoms with van der Waals surface area (Å²) in [6, 6.07) is -0.224. The van der Waals surface area contributed by atoms with Crippen molar-refractivity contribution in [1.82, 2.24) is 4.90 Å². The molecule has 0 aromatic heterocycles. The predicted octanol–water partition coefficient (Wildman–Crippen LogP) is 1.64. The van der Waals surface area contributed by atoms with Crippen LogP contribution < -0.4 is 0 Å². The van der Waals surface area contributed by atoms with Gasteiger partial charge in [0.05, 0.1) is 19.1 Å². The van der Waals surface area contributed by atoms with Crippen molar-refractivity contribution in [3.8, 4) is 0 Å². The zero-order valence-electron chi connectivity index (χ0n) is 11.9. The number of carboxylic acid groups (broad SMARTS) is 1. The number of hydrogen-bond donors (Lipinski definition) is 2. The first kappa shape index (κ1) is 16.0. The minimum absolute atomic E-state index is 0.0651. The molecule has 1 saturated carbocycles. The number of amides is 1. The summed E-state index contributed by atoms with van der Waals surface area (Å²) in [4.78, 5) is 24.8. The molecule has 0 aromatic carbocycles. The number of nitrogens with zero attached hydrogens (tertiary/aromatic N) is 1. The van der Waals surface area contributed by atoms with Gasteiger partial charge >= 0.3 is 5.97 Å². The third-order valence-electron chi connectivity index (χ3n) is 4.29.